The van der Waals surface area contributed by atoms with Gasteiger partial charge in [-0.15, -0.1) is 0 Å². The Balaban J connectivity index is 1.84. The Morgan fingerprint density at radius 2 is 2.08 bits per heavy atom. The predicted octanol–water partition coefficient (Wildman–Crippen LogP) is 2.65. The van der Waals surface area contributed by atoms with Gasteiger partial charge in [0.15, 0.2) is 0 Å². The quantitative estimate of drug-likeness (QED) is 0.652. The molecule has 1 saturated carbocycles. The van der Waals surface area contributed by atoms with Gasteiger partial charge in [0.25, 0.3) is 0 Å². The highest BCUT2D eigenvalue weighted by molar-refractivity contribution is 7.82. The van der Waals surface area contributed by atoms with E-state index in [1.54, 1.807) is 0 Å². The molecule has 0 aromatic carbocycles. The van der Waals surface area contributed by atoms with E-state index in [0.717, 1.165) is 12.5 Å². The van der Waals surface area contributed by atoms with Crippen molar-refractivity contribution in [3.05, 3.63) is 0 Å². The van der Waals surface area contributed by atoms with Gasteiger partial charge in [-0.25, -0.2) is 0 Å². The smallest absolute Gasteiger partial charge is 0.0630 e. The Kier molecular flexibility index (Phi) is 1.96. The minimum Gasteiger partial charge on any atom is -0.375 e. The third kappa shape index (κ3) is 1.97. The molecule has 1 heterocycles. The lowest BCUT2D eigenvalue weighted by Gasteiger charge is -2.16. The highest BCUT2D eigenvalue weighted by Crippen LogP contribution is 2.49. The third-order valence-electron chi connectivity index (χ3n) is 2.99. The highest BCUT2D eigenvalue weighted by Gasteiger charge is 2.43. The summed E-state index contributed by atoms with van der Waals surface area (Å²) in [6, 6.07) is 0. The average Bonchev–Trinajstić information content (AvgIpc) is 2.53. The SMILES string of the molecule is CC1(C)CC(CC2(S)CC2)CO1. The lowest BCUT2D eigenvalue weighted by atomic mass is 9.93. The molecule has 12 heavy (non-hydrogen) atoms. The molecule has 2 heteroatoms. The molecule has 0 bridgehead atoms. The van der Waals surface area contributed by atoms with Crippen LogP contribution in [-0.4, -0.2) is 17.0 Å². The van der Waals surface area contributed by atoms with E-state index in [2.05, 4.69) is 26.5 Å². The second kappa shape index (κ2) is 2.65. The van der Waals surface area contributed by atoms with Crippen molar-refractivity contribution in [2.45, 2.75) is 49.9 Å². The van der Waals surface area contributed by atoms with Crippen molar-refractivity contribution in [2.75, 3.05) is 6.61 Å². The molecule has 70 valence electrons. The summed E-state index contributed by atoms with van der Waals surface area (Å²) in [5.74, 6) is 0.764. The largest absolute Gasteiger partial charge is 0.375 e. The third-order valence-corrected chi connectivity index (χ3v) is 3.62. The summed E-state index contributed by atoms with van der Waals surface area (Å²) in [5, 5.41) is 0. The normalized spacial score (nSPS) is 36.8. The molecular formula is C10H18OS. The number of hydrogen-bond donors (Lipinski definition) is 1. The Morgan fingerprint density at radius 3 is 2.50 bits per heavy atom. The zero-order valence-corrected chi connectivity index (χ0v) is 8.86. The molecule has 0 N–H and O–H groups in total. The zero-order chi connectivity index (χ0) is 8.82. The second-order valence-corrected chi connectivity index (χ2v) is 6.02. The van der Waals surface area contributed by atoms with Gasteiger partial charge < -0.3 is 4.74 Å². The fraction of sp³-hybridized carbons (Fsp3) is 1.00. The van der Waals surface area contributed by atoms with Crippen LogP contribution in [0.2, 0.25) is 0 Å². The number of ether oxygens (including phenoxy) is 1. The van der Waals surface area contributed by atoms with Gasteiger partial charge in [-0.3, -0.25) is 0 Å². The van der Waals surface area contributed by atoms with Crippen molar-refractivity contribution in [1.82, 2.24) is 0 Å². The molecule has 0 spiro atoms. The maximum atomic E-state index is 5.69. The van der Waals surface area contributed by atoms with E-state index in [-0.39, 0.29) is 5.60 Å². The molecular weight excluding hydrogens is 168 g/mol. The fourth-order valence-corrected chi connectivity index (χ4v) is 2.54. The van der Waals surface area contributed by atoms with Crippen molar-refractivity contribution in [1.29, 1.82) is 0 Å². The van der Waals surface area contributed by atoms with Crippen LogP contribution in [0.15, 0.2) is 0 Å². The molecule has 1 nitrogen and oxygen atoms in total. The first kappa shape index (κ1) is 8.89. The predicted molar refractivity (Wildman–Crippen MR) is 53.7 cm³/mol. The van der Waals surface area contributed by atoms with Crippen LogP contribution < -0.4 is 0 Å². The average molecular weight is 186 g/mol. The van der Waals surface area contributed by atoms with E-state index in [9.17, 15) is 0 Å². The molecule has 1 unspecified atom stereocenters. The summed E-state index contributed by atoms with van der Waals surface area (Å²) in [5.41, 5.74) is 0.129. The van der Waals surface area contributed by atoms with Gasteiger partial charge in [0, 0.05) is 4.75 Å². The maximum Gasteiger partial charge on any atom is 0.0630 e. The number of thiol groups is 1. The van der Waals surface area contributed by atoms with Gasteiger partial charge in [-0.1, -0.05) is 0 Å². The van der Waals surface area contributed by atoms with E-state index >= 15 is 0 Å². The molecule has 0 aromatic heterocycles. The summed E-state index contributed by atoms with van der Waals surface area (Å²) in [6.45, 7) is 5.32. The van der Waals surface area contributed by atoms with Crippen LogP contribution in [0.3, 0.4) is 0 Å². The van der Waals surface area contributed by atoms with E-state index < -0.39 is 0 Å². The molecule has 1 aliphatic carbocycles. The summed E-state index contributed by atoms with van der Waals surface area (Å²) in [4.78, 5) is 0. The first-order chi connectivity index (χ1) is 5.49. The van der Waals surface area contributed by atoms with E-state index in [0.29, 0.717) is 4.75 Å². The van der Waals surface area contributed by atoms with Crippen molar-refractivity contribution in [3.63, 3.8) is 0 Å². The summed E-state index contributed by atoms with van der Waals surface area (Å²) in [6.07, 6.45) is 5.11. The van der Waals surface area contributed by atoms with Crippen LogP contribution in [-0.2, 0) is 4.74 Å². The minimum atomic E-state index is 0.129. The van der Waals surface area contributed by atoms with Gasteiger partial charge in [0.05, 0.1) is 12.2 Å². The summed E-state index contributed by atoms with van der Waals surface area (Å²) in [7, 11) is 0. The molecule has 0 aromatic rings. The van der Waals surface area contributed by atoms with Crippen LogP contribution in [0.4, 0.5) is 0 Å². The molecule has 2 rings (SSSR count). The minimum absolute atomic E-state index is 0.129. The van der Waals surface area contributed by atoms with E-state index in [1.165, 1.54) is 25.7 Å². The van der Waals surface area contributed by atoms with Crippen LogP contribution in [0.25, 0.3) is 0 Å². The lowest BCUT2D eigenvalue weighted by molar-refractivity contribution is 0.0348. The standard InChI is InChI=1S/C10H18OS/c1-9(2)5-8(7-11-9)6-10(12)3-4-10/h8,12H,3-7H2,1-2H3. The van der Waals surface area contributed by atoms with E-state index in [4.69, 9.17) is 4.74 Å². The molecule has 1 atom stereocenters. The van der Waals surface area contributed by atoms with Crippen LogP contribution in [0.1, 0.15) is 39.5 Å². The van der Waals surface area contributed by atoms with Gasteiger partial charge in [-0.2, -0.15) is 12.6 Å². The van der Waals surface area contributed by atoms with Crippen molar-refractivity contribution >= 4 is 12.6 Å². The molecule has 0 amide bonds. The highest BCUT2D eigenvalue weighted by atomic mass is 32.1. The maximum absolute atomic E-state index is 5.69. The van der Waals surface area contributed by atoms with E-state index in [1.807, 2.05) is 0 Å². The summed E-state index contributed by atoms with van der Waals surface area (Å²) >= 11 is 4.64. The Bertz CT molecular complexity index is 184. The molecule has 1 aliphatic heterocycles. The number of rotatable bonds is 2. The monoisotopic (exact) mass is 186 g/mol. The summed E-state index contributed by atoms with van der Waals surface area (Å²) < 4.78 is 6.09. The molecule has 1 saturated heterocycles. The first-order valence-electron chi connectivity index (χ1n) is 4.86. The Hall–Kier alpha value is 0.310. The van der Waals surface area contributed by atoms with Crippen molar-refractivity contribution in [3.8, 4) is 0 Å². The van der Waals surface area contributed by atoms with Gasteiger partial charge in [0.2, 0.25) is 0 Å². The first-order valence-corrected chi connectivity index (χ1v) is 5.30. The zero-order valence-electron chi connectivity index (χ0n) is 7.97. The molecule has 0 radical (unpaired) electrons. The fourth-order valence-electron chi connectivity index (χ4n) is 2.17. The molecule has 2 fully saturated rings. The van der Waals surface area contributed by atoms with Crippen molar-refractivity contribution in [2.24, 2.45) is 5.92 Å². The Labute approximate surface area is 80.3 Å². The second-order valence-electron chi connectivity index (χ2n) is 5.07. The van der Waals surface area contributed by atoms with Crippen molar-refractivity contribution < 1.29 is 4.74 Å². The van der Waals surface area contributed by atoms with Crippen LogP contribution in [0.5, 0.6) is 0 Å². The van der Waals surface area contributed by atoms with Gasteiger partial charge in [0.1, 0.15) is 0 Å². The lowest BCUT2D eigenvalue weighted by Crippen LogP contribution is -2.17. The number of hydrogen-bond acceptors (Lipinski definition) is 2. The van der Waals surface area contributed by atoms with Crippen LogP contribution >= 0.6 is 12.6 Å². The van der Waals surface area contributed by atoms with Gasteiger partial charge >= 0.3 is 0 Å². The molecule has 2 aliphatic rings. The van der Waals surface area contributed by atoms with Gasteiger partial charge in [-0.05, 0) is 45.4 Å². The Morgan fingerprint density at radius 1 is 1.42 bits per heavy atom. The van der Waals surface area contributed by atoms with Crippen LogP contribution in [0, 0.1) is 5.92 Å². The topological polar surface area (TPSA) is 9.23 Å².